The third kappa shape index (κ3) is 5.85. The maximum Gasteiger partial charge on any atom is 0.407 e. The number of amides is 2. The van der Waals surface area contributed by atoms with E-state index >= 15 is 0 Å². The number of benzene rings is 1. The Balaban J connectivity index is 1.96. The largest absolute Gasteiger partial charge is 0.444 e. The Labute approximate surface area is 151 Å². The summed E-state index contributed by atoms with van der Waals surface area (Å²) in [5.41, 5.74) is 0.0159. The predicted molar refractivity (Wildman–Crippen MR) is 97.1 cm³/mol. The lowest BCUT2D eigenvalue weighted by atomic mass is 10.0. The second kappa shape index (κ2) is 7.99. The second-order valence-corrected chi connectivity index (χ2v) is 8.59. The molecule has 0 saturated carbocycles. The first-order chi connectivity index (χ1) is 11.7. The van der Waals surface area contributed by atoms with Gasteiger partial charge in [0.15, 0.2) is 0 Å². The zero-order chi connectivity index (χ0) is 18.6. The molecule has 1 aromatic rings. The number of carbonyl (C=O) groups excluding carboxylic acids is 2. The molecule has 138 valence electrons. The molecule has 0 spiro atoms. The molecule has 1 heterocycles. The van der Waals surface area contributed by atoms with Gasteiger partial charge in [-0.2, -0.15) is 0 Å². The van der Waals surface area contributed by atoms with E-state index in [2.05, 4.69) is 5.32 Å². The number of ether oxygens (including phenoxy) is 1. The number of rotatable bonds is 3. The highest BCUT2D eigenvalue weighted by Crippen LogP contribution is 2.16. The standard InChI is InChI=1S/C18H26N2O4S/c1-18(2,3)24-17(22)19-14-6-5-11-20(12-14)16(21)13-7-9-15(10-8-13)25(4)23/h7-10,14H,5-6,11-12H2,1-4H3,(H,19,22)/t14-,25-/m0/s1. The lowest BCUT2D eigenvalue weighted by Crippen LogP contribution is -2.50. The van der Waals surface area contributed by atoms with Gasteiger partial charge in [-0.1, -0.05) is 0 Å². The van der Waals surface area contributed by atoms with Crippen LogP contribution in [0.2, 0.25) is 0 Å². The summed E-state index contributed by atoms with van der Waals surface area (Å²) in [5.74, 6) is -0.0795. The summed E-state index contributed by atoms with van der Waals surface area (Å²) in [6, 6.07) is 6.71. The third-order valence-electron chi connectivity index (χ3n) is 3.86. The molecule has 1 saturated heterocycles. The summed E-state index contributed by atoms with van der Waals surface area (Å²) in [7, 11) is -1.06. The Bertz CT molecular complexity index is 652. The van der Waals surface area contributed by atoms with Gasteiger partial charge in [-0.15, -0.1) is 0 Å². The highest BCUT2D eigenvalue weighted by molar-refractivity contribution is 7.84. The summed E-state index contributed by atoms with van der Waals surface area (Å²) < 4.78 is 16.7. The average molecular weight is 366 g/mol. The van der Waals surface area contributed by atoms with Gasteiger partial charge in [-0.25, -0.2) is 4.79 Å². The Morgan fingerprint density at radius 3 is 2.44 bits per heavy atom. The molecule has 0 aromatic heterocycles. The van der Waals surface area contributed by atoms with E-state index in [1.807, 2.05) is 20.8 Å². The van der Waals surface area contributed by atoms with Gasteiger partial charge in [0.2, 0.25) is 0 Å². The van der Waals surface area contributed by atoms with E-state index in [1.54, 1.807) is 35.4 Å². The van der Waals surface area contributed by atoms with Crippen LogP contribution in [0.4, 0.5) is 4.79 Å². The minimum absolute atomic E-state index is 0.0795. The molecule has 2 atom stereocenters. The molecule has 1 fully saturated rings. The molecule has 7 heteroatoms. The van der Waals surface area contributed by atoms with Crippen molar-refractivity contribution in [3.63, 3.8) is 0 Å². The third-order valence-corrected chi connectivity index (χ3v) is 4.80. The van der Waals surface area contributed by atoms with Crippen molar-refractivity contribution in [2.45, 2.75) is 50.2 Å². The van der Waals surface area contributed by atoms with Gasteiger partial charge in [0.25, 0.3) is 5.91 Å². The molecule has 2 amide bonds. The lowest BCUT2D eigenvalue weighted by Gasteiger charge is -2.33. The van der Waals surface area contributed by atoms with Crippen LogP contribution in [-0.4, -0.2) is 52.1 Å². The van der Waals surface area contributed by atoms with Crippen molar-refractivity contribution in [1.29, 1.82) is 0 Å². The minimum atomic E-state index is -1.06. The minimum Gasteiger partial charge on any atom is -0.444 e. The average Bonchev–Trinajstić information content (AvgIpc) is 2.52. The fraction of sp³-hybridized carbons (Fsp3) is 0.556. The second-order valence-electron chi connectivity index (χ2n) is 7.22. The normalized spacial score (nSPS) is 19.2. The summed E-state index contributed by atoms with van der Waals surface area (Å²) >= 11 is 0. The van der Waals surface area contributed by atoms with Gasteiger partial charge in [-0.05, 0) is 57.9 Å². The number of nitrogens with one attached hydrogen (secondary N) is 1. The van der Waals surface area contributed by atoms with Crippen molar-refractivity contribution in [3.05, 3.63) is 29.8 Å². The number of piperidine rings is 1. The van der Waals surface area contributed by atoms with Gasteiger partial charge >= 0.3 is 6.09 Å². The Morgan fingerprint density at radius 2 is 1.88 bits per heavy atom. The summed E-state index contributed by atoms with van der Waals surface area (Å²) in [5, 5.41) is 2.84. The zero-order valence-electron chi connectivity index (χ0n) is 15.2. The maximum atomic E-state index is 12.6. The summed E-state index contributed by atoms with van der Waals surface area (Å²) in [6.07, 6.45) is 2.79. The fourth-order valence-corrected chi connectivity index (χ4v) is 3.24. The van der Waals surface area contributed by atoms with Crippen LogP contribution in [0.15, 0.2) is 29.2 Å². The van der Waals surface area contributed by atoms with Crippen LogP contribution >= 0.6 is 0 Å². The van der Waals surface area contributed by atoms with E-state index in [9.17, 15) is 13.8 Å². The highest BCUT2D eigenvalue weighted by Gasteiger charge is 2.27. The summed E-state index contributed by atoms with van der Waals surface area (Å²) in [4.78, 5) is 27.0. The molecule has 0 bridgehead atoms. The van der Waals surface area contributed by atoms with E-state index in [1.165, 1.54) is 0 Å². The number of likely N-dealkylation sites (tertiary alicyclic amines) is 1. The Hall–Kier alpha value is -1.89. The van der Waals surface area contributed by atoms with Crippen LogP contribution in [0.25, 0.3) is 0 Å². The molecule has 0 radical (unpaired) electrons. The van der Waals surface area contributed by atoms with E-state index in [0.717, 1.165) is 12.8 Å². The smallest absolute Gasteiger partial charge is 0.407 e. The van der Waals surface area contributed by atoms with Gasteiger partial charge in [0, 0.05) is 46.6 Å². The van der Waals surface area contributed by atoms with Gasteiger partial charge in [0.05, 0.1) is 0 Å². The first-order valence-electron chi connectivity index (χ1n) is 8.38. The van der Waals surface area contributed by atoms with E-state index in [0.29, 0.717) is 23.5 Å². The van der Waals surface area contributed by atoms with Crippen molar-refractivity contribution >= 4 is 22.8 Å². The molecule has 1 aromatic carbocycles. The predicted octanol–water partition coefficient (Wildman–Crippen LogP) is 2.55. The van der Waals surface area contributed by atoms with Crippen molar-refractivity contribution < 1.29 is 18.5 Å². The molecule has 1 aliphatic heterocycles. The van der Waals surface area contributed by atoms with Gasteiger partial charge in [-0.3, -0.25) is 9.00 Å². The monoisotopic (exact) mass is 366 g/mol. The Morgan fingerprint density at radius 1 is 1.24 bits per heavy atom. The molecule has 0 unspecified atom stereocenters. The van der Waals surface area contributed by atoms with Crippen LogP contribution in [0.5, 0.6) is 0 Å². The Kier molecular flexibility index (Phi) is 6.21. The quantitative estimate of drug-likeness (QED) is 0.892. The van der Waals surface area contributed by atoms with Crippen molar-refractivity contribution in [2.75, 3.05) is 19.3 Å². The zero-order valence-corrected chi connectivity index (χ0v) is 16.0. The van der Waals surface area contributed by atoms with E-state index < -0.39 is 22.5 Å². The number of nitrogens with zero attached hydrogens (tertiary/aromatic N) is 1. The molecule has 25 heavy (non-hydrogen) atoms. The lowest BCUT2D eigenvalue weighted by molar-refractivity contribution is 0.0452. The van der Waals surface area contributed by atoms with Crippen LogP contribution in [0.1, 0.15) is 44.0 Å². The molecule has 1 aliphatic rings. The highest BCUT2D eigenvalue weighted by atomic mass is 32.2. The SMILES string of the molecule is C[S@](=O)c1ccc(C(=O)N2CCC[C@H](NC(=O)OC(C)(C)C)C2)cc1. The topological polar surface area (TPSA) is 75.7 Å². The first kappa shape index (κ1) is 19.4. The molecule has 1 N–H and O–H groups in total. The van der Waals surface area contributed by atoms with Crippen molar-refractivity contribution in [1.82, 2.24) is 10.2 Å². The molecule has 0 aliphatic carbocycles. The maximum absolute atomic E-state index is 12.6. The van der Waals surface area contributed by atoms with Crippen molar-refractivity contribution in [2.24, 2.45) is 0 Å². The molecular formula is C18H26N2O4S. The van der Waals surface area contributed by atoms with Crippen LogP contribution in [-0.2, 0) is 15.5 Å². The van der Waals surface area contributed by atoms with E-state index in [4.69, 9.17) is 4.74 Å². The summed E-state index contributed by atoms with van der Waals surface area (Å²) in [6.45, 7) is 6.56. The van der Waals surface area contributed by atoms with E-state index in [-0.39, 0.29) is 11.9 Å². The van der Waals surface area contributed by atoms with Crippen LogP contribution in [0.3, 0.4) is 0 Å². The van der Waals surface area contributed by atoms with Crippen LogP contribution < -0.4 is 5.32 Å². The first-order valence-corrected chi connectivity index (χ1v) is 9.94. The number of carbonyl (C=O) groups is 2. The molecule has 2 rings (SSSR count). The van der Waals surface area contributed by atoms with Gasteiger partial charge in [0.1, 0.15) is 5.60 Å². The molecule has 6 nitrogen and oxygen atoms in total. The van der Waals surface area contributed by atoms with Crippen LogP contribution in [0, 0.1) is 0 Å². The molecular weight excluding hydrogens is 340 g/mol. The fourth-order valence-electron chi connectivity index (χ4n) is 2.73. The number of hydrogen-bond donors (Lipinski definition) is 1. The number of hydrogen-bond acceptors (Lipinski definition) is 4. The number of alkyl carbamates (subject to hydrolysis) is 1. The van der Waals surface area contributed by atoms with Gasteiger partial charge < -0.3 is 15.0 Å². The van der Waals surface area contributed by atoms with Crippen molar-refractivity contribution in [3.8, 4) is 0 Å².